The summed E-state index contributed by atoms with van der Waals surface area (Å²) >= 11 is 0. The molecule has 0 fully saturated rings. The van der Waals surface area contributed by atoms with Crippen LogP contribution in [0.4, 0.5) is 0 Å². The first kappa shape index (κ1) is 16.0. The van der Waals surface area contributed by atoms with E-state index >= 15 is 0 Å². The lowest BCUT2D eigenvalue weighted by molar-refractivity contribution is 0.206. The second-order valence-electron chi connectivity index (χ2n) is 5.55. The van der Waals surface area contributed by atoms with E-state index in [1.807, 2.05) is 0 Å². The zero-order valence-corrected chi connectivity index (χ0v) is 12.4. The summed E-state index contributed by atoms with van der Waals surface area (Å²) in [6.45, 7) is 12.9. The van der Waals surface area contributed by atoms with E-state index < -0.39 is 0 Å². The Hall–Kier alpha value is -0.0400. The fourth-order valence-corrected chi connectivity index (χ4v) is 2.23. The van der Waals surface area contributed by atoms with Crippen LogP contribution in [0.15, 0.2) is 0 Å². The molecular formula is C15H33N. The highest BCUT2D eigenvalue weighted by Gasteiger charge is 2.13. The van der Waals surface area contributed by atoms with Crippen molar-refractivity contribution in [3.8, 4) is 0 Å². The van der Waals surface area contributed by atoms with Crippen molar-refractivity contribution in [2.75, 3.05) is 13.6 Å². The molecule has 1 nitrogen and oxygen atoms in total. The van der Waals surface area contributed by atoms with Crippen LogP contribution in [0.1, 0.15) is 66.7 Å². The minimum Gasteiger partial charge on any atom is -0.304 e. The third-order valence-corrected chi connectivity index (χ3v) is 4.24. The van der Waals surface area contributed by atoms with Crippen molar-refractivity contribution in [1.82, 2.24) is 4.90 Å². The van der Waals surface area contributed by atoms with Crippen molar-refractivity contribution in [3.05, 3.63) is 0 Å². The first-order valence-corrected chi connectivity index (χ1v) is 7.25. The van der Waals surface area contributed by atoms with Crippen LogP contribution in [0.25, 0.3) is 0 Å². The van der Waals surface area contributed by atoms with Crippen LogP contribution in [0.2, 0.25) is 0 Å². The number of hydrogen-bond acceptors (Lipinski definition) is 1. The molecule has 0 aliphatic rings. The Kier molecular flexibility index (Phi) is 9.02. The van der Waals surface area contributed by atoms with Crippen molar-refractivity contribution in [1.29, 1.82) is 0 Å². The minimum atomic E-state index is 0.740. The van der Waals surface area contributed by atoms with Gasteiger partial charge in [0, 0.05) is 6.04 Å². The van der Waals surface area contributed by atoms with Crippen LogP contribution in [-0.4, -0.2) is 24.5 Å². The largest absolute Gasteiger partial charge is 0.304 e. The van der Waals surface area contributed by atoms with Gasteiger partial charge in [0.05, 0.1) is 0 Å². The van der Waals surface area contributed by atoms with Gasteiger partial charge in [-0.15, -0.1) is 0 Å². The van der Waals surface area contributed by atoms with E-state index in [4.69, 9.17) is 0 Å². The molecule has 16 heavy (non-hydrogen) atoms. The van der Waals surface area contributed by atoms with Crippen LogP contribution in [0, 0.1) is 11.8 Å². The summed E-state index contributed by atoms with van der Waals surface area (Å²) in [5, 5.41) is 0. The van der Waals surface area contributed by atoms with Gasteiger partial charge in [0.2, 0.25) is 0 Å². The Labute approximate surface area is 104 Å². The summed E-state index contributed by atoms with van der Waals surface area (Å²) in [5.74, 6) is 1.80. The molecular weight excluding hydrogens is 194 g/mol. The quantitative estimate of drug-likeness (QED) is 0.558. The average molecular weight is 227 g/mol. The predicted molar refractivity (Wildman–Crippen MR) is 74.9 cm³/mol. The van der Waals surface area contributed by atoms with E-state index in [0.717, 1.165) is 17.9 Å². The fourth-order valence-electron chi connectivity index (χ4n) is 2.23. The van der Waals surface area contributed by atoms with Crippen molar-refractivity contribution in [3.63, 3.8) is 0 Å². The van der Waals surface area contributed by atoms with Crippen LogP contribution in [-0.2, 0) is 0 Å². The van der Waals surface area contributed by atoms with Gasteiger partial charge in [-0.3, -0.25) is 0 Å². The second kappa shape index (κ2) is 9.04. The van der Waals surface area contributed by atoms with Gasteiger partial charge in [0.15, 0.2) is 0 Å². The lowest BCUT2D eigenvalue weighted by atomic mass is 9.97. The third-order valence-electron chi connectivity index (χ3n) is 4.24. The van der Waals surface area contributed by atoms with Crippen LogP contribution in [0.3, 0.4) is 0 Å². The van der Waals surface area contributed by atoms with Gasteiger partial charge in [-0.2, -0.15) is 0 Å². The summed E-state index contributed by atoms with van der Waals surface area (Å²) in [4.78, 5) is 2.55. The predicted octanol–water partition coefficient (Wildman–Crippen LogP) is 4.57. The average Bonchev–Trinajstić information content (AvgIpc) is 2.29. The van der Waals surface area contributed by atoms with Gasteiger partial charge in [-0.1, -0.05) is 47.0 Å². The van der Waals surface area contributed by atoms with Gasteiger partial charge in [0.25, 0.3) is 0 Å². The highest BCUT2D eigenvalue weighted by molar-refractivity contribution is 4.68. The Morgan fingerprint density at radius 1 is 0.938 bits per heavy atom. The SMILES string of the molecule is CCC(C)CC(C)N(C)CCC(CC)CC. The molecule has 0 aliphatic heterocycles. The Bertz CT molecular complexity index is 152. The van der Waals surface area contributed by atoms with Crippen LogP contribution in [0.5, 0.6) is 0 Å². The zero-order chi connectivity index (χ0) is 12.6. The maximum atomic E-state index is 2.55. The number of nitrogens with zero attached hydrogens (tertiary/aromatic N) is 1. The topological polar surface area (TPSA) is 3.24 Å². The highest BCUT2D eigenvalue weighted by atomic mass is 15.1. The first-order chi connectivity index (χ1) is 7.54. The molecule has 2 unspecified atom stereocenters. The van der Waals surface area contributed by atoms with Crippen LogP contribution >= 0.6 is 0 Å². The highest BCUT2D eigenvalue weighted by Crippen LogP contribution is 2.16. The van der Waals surface area contributed by atoms with Gasteiger partial charge in [-0.25, -0.2) is 0 Å². The lowest BCUT2D eigenvalue weighted by Gasteiger charge is -2.28. The maximum absolute atomic E-state index is 2.55. The number of hydrogen-bond donors (Lipinski definition) is 0. The van der Waals surface area contributed by atoms with E-state index in [2.05, 4.69) is 46.6 Å². The molecule has 0 saturated heterocycles. The molecule has 0 aromatic carbocycles. The van der Waals surface area contributed by atoms with E-state index in [1.54, 1.807) is 0 Å². The Balaban J connectivity index is 3.81. The molecule has 0 aromatic heterocycles. The van der Waals surface area contributed by atoms with E-state index in [0.29, 0.717) is 0 Å². The van der Waals surface area contributed by atoms with Crippen molar-refractivity contribution in [2.24, 2.45) is 11.8 Å². The molecule has 2 atom stereocenters. The molecule has 0 saturated carbocycles. The molecule has 98 valence electrons. The van der Waals surface area contributed by atoms with Gasteiger partial charge in [-0.05, 0) is 45.2 Å². The smallest absolute Gasteiger partial charge is 0.00664 e. The minimum absolute atomic E-state index is 0.740. The van der Waals surface area contributed by atoms with Crippen molar-refractivity contribution < 1.29 is 0 Å². The normalized spacial score (nSPS) is 15.8. The molecule has 0 aromatic rings. The fraction of sp³-hybridized carbons (Fsp3) is 1.00. The summed E-state index contributed by atoms with van der Waals surface area (Å²) < 4.78 is 0. The van der Waals surface area contributed by atoms with Gasteiger partial charge in [0.1, 0.15) is 0 Å². The van der Waals surface area contributed by atoms with Crippen molar-refractivity contribution in [2.45, 2.75) is 72.8 Å². The standard InChI is InChI=1S/C15H33N/c1-7-13(4)12-14(5)16(6)11-10-15(8-2)9-3/h13-15H,7-12H2,1-6H3. The molecule has 0 rings (SSSR count). The lowest BCUT2D eigenvalue weighted by Crippen LogP contribution is -2.32. The summed E-state index contributed by atoms with van der Waals surface area (Å²) in [5.41, 5.74) is 0. The summed E-state index contributed by atoms with van der Waals surface area (Å²) in [7, 11) is 2.29. The summed E-state index contributed by atoms with van der Waals surface area (Å²) in [6, 6.07) is 0.740. The zero-order valence-electron chi connectivity index (χ0n) is 12.4. The Morgan fingerprint density at radius 2 is 1.50 bits per heavy atom. The van der Waals surface area contributed by atoms with Gasteiger partial charge >= 0.3 is 0 Å². The van der Waals surface area contributed by atoms with E-state index in [1.165, 1.54) is 38.6 Å². The molecule has 0 N–H and O–H groups in total. The molecule has 0 bridgehead atoms. The van der Waals surface area contributed by atoms with Crippen molar-refractivity contribution >= 4 is 0 Å². The molecule has 0 radical (unpaired) electrons. The number of rotatable bonds is 9. The summed E-state index contributed by atoms with van der Waals surface area (Å²) in [6.07, 6.45) is 6.70. The third kappa shape index (κ3) is 6.52. The van der Waals surface area contributed by atoms with Gasteiger partial charge < -0.3 is 4.90 Å². The molecule has 1 heteroatoms. The molecule has 0 heterocycles. The first-order valence-electron chi connectivity index (χ1n) is 7.25. The Morgan fingerprint density at radius 3 is 1.94 bits per heavy atom. The molecule has 0 spiro atoms. The monoisotopic (exact) mass is 227 g/mol. The van der Waals surface area contributed by atoms with E-state index in [9.17, 15) is 0 Å². The molecule has 0 aliphatic carbocycles. The maximum Gasteiger partial charge on any atom is 0.00664 e. The van der Waals surface area contributed by atoms with Crippen LogP contribution < -0.4 is 0 Å². The molecule has 0 amide bonds. The van der Waals surface area contributed by atoms with E-state index in [-0.39, 0.29) is 0 Å². The second-order valence-corrected chi connectivity index (χ2v) is 5.55.